The van der Waals surface area contributed by atoms with Crippen LogP contribution in [0.2, 0.25) is 0 Å². The van der Waals surface area contributed by atoms with Crippen LogP contribution in [0.15, 0.2) is 30.3 Å². The van der Waals surface area contributed by atoms with Crippen molar-refractivity contribution < 1.29 is 14.3 Å². The van der Waals surface area contributed by atoms with Gasteiger partial charge in [0.1, 0.15) is 4.88 Å². The summed E-state index contributed by atoms with van der Waals surface area (Å²) in [6, 6.07) is 9.47. The van der Waals surface area contributed by atoms with Gasteiger partial charge in [0.25, 0.3) is 5.91 Å². The molecular weight excluding hydrogens is 398 g/mol. The lowest BCUT2D eigenvalue weighted by atomic mass is 10.1. The highest BCUT2D eigenvalue weighted by Crippen LogP contribution is 2.30. The lowest BCUT2D eigenvalue weighted by molar-refractivity contribution is 0.0531. The monoisotopic (exact) mass is 425 g/mol. The molecule has 158 valence electrons. The number of rotatable bonds is 8. The first-order valence-corrected chi connectivity index (χ1v) is 11.1. The van der Waals surface area contributed by atoms with E-state index in [1.54, 1.807) is 18.7 Å². The highest BCUT2D eigenvalue weighted by Gasteiger charge is 2.26. The number of carbonyl (C=O) groups excluding carboxylic acids is 2. The molecule has 0 saturated heterocycles. The Balaban J connectivity index is 2.04. The summed E-state index contributed by atoms with van der Waals surface area (Å²) >= 11 is 1.21. The van der Waals surface area contributed by atoms with Gasteiger partial charge in [0.2, 0.25) is 0 Å². The van der Waals surface area contributed by atoms with Gasteiger partial charge in [0, 0.05) is 17.6 Å². The predicted molar refractivity (Wildman–Crippen MR) is 120 cm³/mol. The van der Waals surface area contributed by atoms with E-state index in [2.05, 4.69) is 16.9 Å². The fraction of sp³-hybridized carbons (Fsp3) is 0.391. The fourth-order valence-corrected chi connectivity index (χ4v) is 4.30. The summed E-state index contributed by atoms with van der Waals surface area (Å²) < 4.78 is 5.14. The topological polar surface area (TPSA) is 72.4 Å². The molecule has 3 rings (SSSR count). The van der Waals surface area contributed by atoms with Gasteiger partial charge in [0.15, 0.2) is 5.13 Å². The van der Waals surface area contributed by atoms with Gasteiger partial charge >= 0.3 is 5.97 Å². The first-order chi connectivity index (χ1) is 14.5. The van der Waals surface area contributed by atoms with Crippen LogP contribution in [0.5, 0.6) is 0 Å². The molecule has 0 saturated carbocycles. The summed E-state index contributed by atoms with van der Waals surface area (Å²) in [5.74, 6) is -0.526. The van der Waals surface area contributed by atoms with Crippen LogP contribution < -0.4 is 4.90 Å². The van der Waals surface area contributed by atoms with E-state index < -0.39 is 5.97 Å². The molecule has 0 N–H and O–H groups in total. The third-order valence-electron chi connectivity index (χ3n) is 4.78. The van der Waals surface area contributed by atoms with E-state index in [1.807, 2.05) is 37.3 Å². The van der Waals surface area contributed by atoms with E-state index in [9.17, 15) is 9.59 Å². The average Bonchev–Trinajstić information content (AvgIpc) is 3.11. The number of para-hydroxylation sites is 1. The molecule has 0 aliphatic rings. The van der Waals surface area contributed by atoms with Crippen LogP contribution in [-0.2, 0) is 4.74 Å². The number of pyridine rings is 1. The second kappa shape index (κ2) is 9.80. The van der Waals surface area contributed by atoms with Gasteiger partial charge in [-0.25, -0.2) is 9.78 Å². The van der Waals surface area contributed by atoms with Gasteiger partial charge < -0.3 is 4.74 Å². The zero-order valence-corrected chi connectivity index (χ0v) is 18.7. The van der Waals surface area contributed by atoms with E-state index in [-0.39, 0.29) is 5.91 Å². The third-order valence-corrected chi connectivity index (χ3v) is 5.94. The van der Waals surface area contributed by atoms with Crippen molar-refractivity contribution in [1.29, 1.82) is 0 Å². The fourth-order valence-electron chi connectivity index (χ4n) is 3.32. The Bertz CT molecular complexity index is 1060. The van der Waals surface area contributed by atoms with Gasteiger partial charge in [-0.1, -0.05) is 49.3 Å². The van der Waals surface area contributed by atoms with Crippen molar-refractivity contribution in [2.75, 3.05) is 18.1 Å². The van der Waals surface area contributed by atoms with Crippen molar-refractivity contribution in [3.63, 3.8) is 0 Å². The Morgan fingerprint density at radius 2 is 1.87 bits per heavy atom. The normalized spacial score (nSPS) is 10.9. The number of carbonyl (C=O) groups is 2. The van der Waals surface area contributed by atoms with E-state index >= 15 is 0 Å². The number of thiazole rings is 1. The zero-order chi connectivity index (χ0) is 21.7. The van der Waals surface area contributed by atoms with Crippen molar-refractivity contribution in [1.82, 2.24) is 9.97 Å². The van der Waals surface area contributed by atoms with Crippen molar-refractivity contribution >= 4 is 39.2 Å². The second-order valence-corrected chi connectivity index (χ2v) is 8.10. The summed E-state index contributed by atoms with van der Waals surface area (Å²) in [5, 5.41) is 1.34. The Hall–Kier alpha value is -2.80. The molecular formula is C23H27N3O3S. The molecule has 1 aromatic carbocycles. The van der Waals surface area contributed by atoms with Gasteiger partial charge in [-0.05, 0) is 39.3 Å². The van der Waals surface area contributed by atoms with Crippen molar-refractivity contribution in [3.05, 3.63) is 52.2 Å². The number of hydrogen-bond donors (Lipinski definition) is 0. The number of ether oxygens (including phenoxy) is 1. The minimum Gasteiger partial charge on any atom is -0.462 e. The number of nitrogens with zero attached hydrogens (tertiary/aromatic N) is 3. The number of amides is 1. The van der Waals surface area contributed by atoms with Gasteiger partial charge in [-0.3, -0.25) is 14.7 Å². The molecule has 30 heavy (non-hydrogen) atoms. The maximum absolute atomic E-state index is 13.7. The molecule has 7 heteroatoms. The average molecular weight is 426 g/mol. The molecule has 2 heterocycles. The van der Waals surface area contributed by atoms with E-state index in [0.717, 1.165) is 35.9 Å². The molecule has 3 aromatic rings. The highest BCUT2D eigenvalue weighted by molar-refractivity contribution is 7.17. The van der Waals surface area contributed by atoms with Crippen LogP contribution in [0.25, 0.3) is 10.9 Å². The molecule has 0 atom stereocenters. The minimum atomic E-state index is -0.398. The molecule has 0 fully saturated rings. The first kappa shape index (κ1) is 21.9. The van der Waals surface area contributed by atoms with Gasteiger partial charge in [-0.2, -0.15) is 0 Å². The second-order valence-electron chi connectivity index (χ2n) is 7.12. The number of fused-ring (bicyclic) bond motifs is 1. The van der Waals surface area contributed by atoms with Crippen LogP contribution in [0, 0.1) is 13.8 Å². The Kier molecular flexibility index (Phi) is 7.15. The number of unbranched alkanes of at least 4 members (excludes halogenated alkanes) is 2. The number of hydrogen-bond acceptors (Lipinski definition) is 6. The summed E-state index contributed by atoms with van der Waals surface area (Å²) in [6.07, 6.45) is 2.91. The van der Waals surface area contributed by atoms with Crippen LogP contribution in [-0.4, -0.2) is 35.0 Å². The molecule has 1 amide bonds. The van der Waals surface area contributed by atoms with Crippen LogP contribution >= 0.6 is 11.3 Å². The highest BCUT2D eigenvalue weighted by atomic mass is 32.1. The number of aromatic nitrogens is 2. The number of esters is 1. The van der Waals surface area contributed by atoms with Crippen LogP contribution in [0.1, 0.15) is 64.5 Å². The number of anilines is 1. The zero-order valence-electron chi connectivity index (χ0n) is 17.9. The van der Waals surface area contributed by atoms with Crippen LogP contribution in [0.3, 0.4) is 0 Å². The van der Waals surface area contributed by atoms with Crippen molar-refractivity contribution in [2.24, 2.45) is 0 Å². The lowest BCUT2D eigenvalue weighted by Crippen LogP contribution is -2.32. The Labute approximate surface area is 180 Å². The smallest absolute Gasteiger partial charge is 0.350 e. The lowest BCUT2D eigenvalue weighted by Gasteiger charge is -2.21. The first-order valence-electron chi connectivity index (χ1n) is 10.3. The molecule has 0 radical (unpaired) electrons. The molecule has 2 aromatic heterocycles. The summed E-state index contributed by atoms with van der Waals surface area (Å²) in [6.45, 7) is 8.39. The molecule has 0 unspecified atom stereocenters. The quantitative estimate of drug-likeness (QED) is 0.361. The molecule has 0 aliphatic carbocycles. The summed E-state index contributed by atoms with van der Waals surface area (Å²) in [5.41, 5.74) is 2.75. The summed E-state index contributed by atoms with van der Waals surface area (Å²) in [4.78, 5) is 37.2. The van der Waals surface area contributed by atoms with E-state index in [4.69, 9.17) is 4.74 Å². The number of aryl methyl sites for hydroxylation is 2. The third kappa shape index (κ3) is 4.67. The SMILES string of the molecule is CCCCCN(C(=O)c1cc(C)nc2ccccc12)c1nc(C)c(C(=O)OCC)s1. The summed E-state index contributed by atoms with van der Waals surface area (Å²) in [7, 11) is 0. The van der Waals surface area contributed by atoms with E-state index in [0.29, 0.717) is 34.4 Å². The molecule has 0 spiro atoms. The standard InChI is InChI=1S/C23H27N3O3S/c1-5-7-10-13-26(23-25-16(4)20(30-23)22(28)29-6-2)21(27)18-14-15(3)24-19-12-9-8-11-17(18)19/h8-9,11-12,14H,5-7,10,13H2,1-4H3. The molecule has 0 bridgehead atoms. The van der Waals surface area contributed by atoms with Crippen LogP contribution in [0.4, 0.5) is 5.13 Å². The van der Waals surface area contributed by atoms with Gasteiger partial charge in [-0.15, -0.1) is 0 Å². The maximum Gasteiger partial charge on any atom is 0.350 e. The van der Waals surface area contributed by atoms with Crippen molar-refractivity contribution in [2.45, 2.75) is 47.0 Å². The molecule has 0 aliphatic heterocycles. The van der Waals surface area contributed by atoms with Crippen molar-refractivity contribution in [3.8, 4) is 0 Å². The Morgan fingerprint density at radius 3 is 2.60 bits per heavy atom. The minimum absolute atomic E-state index is 0.128. The maximum atomic E-state index is 13.7. The number of benzene rings is 1. The Morgan fingerprint density at radius 1 is 1.10 bits per heavy atom. The largest absolute Gasteiger partial charge is 0.462 e. The predicted octanol–water partition coefficient (Wildman–Crippen LogP) is 5.32. The van der Waals surface area contributed by atoms with Gasteiger partial charge in [0.05, 0.1) is 23.4 Å². The van der Waals surface area contributed by atoms with E-state index in [1.165, 1.54) is 11.3 Å². The molecule has 6 nitrogen and oxygen atoms in total.